The van der Waals surface area contributed by atoms with E-state index in [9.17, 15) is 4.39 Å². The Kier molecular flexibility index (Phi) is 2.56. The standard InChI is InChI=1S/C10H19F/c1-8-5-4-6-10(3,11)7-9(8)2/h8-9H,4-7H2,1-3H3/t8?,9-,10?/m0/s1. The summed E-state index contributed by atoms with van der Waals surface area (Å²) in [5, 5.41) is 0. The lowest BCUT2D eigenvalue weighted by Crippen LogP contribution is -2.20. The molecule has 0 aliphatic heterocycles. The van der Waals surface area contributed by atoms with Crippen molar-refractivity contribution in [2.75, 3.05) is 0 Å². The average Bonchev–Trinajstić information content (AvgIpc) is 1.93. The number of rotatable bonds is 0. The molecule has 0 radical (unpaired) electrons. The van der Waals surface area contributed by atoms with Gasteiger partial charge in [0.25, 0.3) is 0 Å². The SMILES string of the molecule is CC1CCCC(C)(F)C[C@@H]1C. The summed E-state index contributed by atoms with van der Waals surface area (Å²) in [4.78, 5) is 0. The largest absolute Gasteiger partial charge is 0.244 e. The maximum Gasteiger partial charge on any atom is 0.108 e. The van der Waals surface area contributed by atoms with Gasteiger partial charge in [-0.05, 0) is 31.6 Å². The smallest absolute Gasteiger partial charge is 0.108 e. The van der Waals surface area contributed by atoms with Crippen LogP contribution in [0.5, 0.6) is 0 Å². The topological polar surface area (TPSA) is 0 Å². The van der Waals surface area contributed by atoms with Gasteiger partial charge in [0, 0.05) is 0 Å². The number of hydrogen-bond donors (Lipinski definition) is 0. The molecule has 0 nitrogen and oxygen atoms in total. The van der Waals surface area contributed by atoms with Crippen molar-refractivity contribution in [1.29, 1.82) is 0 Å². The van der Waals surface area contributed by atoms with Crippen molar-refractivity contribution in [2.45, 2.75) is 52.1 Å². The van der Waals surface area contributed by atoms with Crippen LogP contribution in [-0.2, 0) is 0 Å². The lowest BCUT2D eigenvalue weighted by Gasteiger charge is -2.22. The number of alkyl halides is 1. The Balaban J connectivity index is 2.55. The highest BCUT2D eigenvalue weighted by molar-refractivity contribution is 4.81. The molecule has 0 bridgehead atoms. The first kappa shape index (κ1) is 9.02. The van der Waals surface area contributed by atoms with Gasteiger partial charge in [-0.3, -0.25) is 0 Å². The van der Waals surface area contributed by atoms with Crippen LogP contribution in [0, 0.1) is 11.8 Å². The summed E-state index contributed by atoms with van der Waals surface area (Å²) in [5.41, 5.74) is -0.885. The Morgan fingerprint density at radius 1 is 1.27 bits per heavy atom. The molecule has 0 aromatic heterocycles. The van der Waals surface area contributed by atoms with Crippen LogP contribution in [0.2, 0.25) is 0 Å². The fraction of sp³-hybridized carbons (Fsp3) is 1.00. The van der Waals surface area contributed by atoms with Crippen molar-refractivity contribution in [3.63, 3.8) is 0 Å². The van der Waals surface area contributed by atoms with E-state index in [4.69, 9.17) is 0 Å². The Labute approximate surface area is 69.2 Å². The van der Waals surface area contributed by atoms with E-state index in [1.807, 2.05) is 0 Å². The molecule has 1 saturated carbocycles. The summed E-state index contributed by atoms with van der Waals surface area (Å²) in [5.74, 6) is 1.28. The van der Waals surface area contributed by atoms with E-state index in [0.29, 0.717) is 11.8 Å². The van der Waals surface area contributed by atoms with Crippen LogP contribution in [0.25, 0.3) is 0 Å². The molecule has 1 heteroatoms. The van der Waals surface area contributed by atoms with E-state index in [2.05, 4.69) is 13.8 Å². The predicted molar refractivity (Wildman–Crippen MR) is 46.3 cm³/mol. The molecule has 0 spiro atoms. The molecule has 0 N–H and O–H groups in total. The van der Waals surface area contributed by atoms with Gasteiger partial charge in [0.05, 0.1) is 0 Å². The van der Waals surface area contributed by atoms with Gasteiger partial charge >= 0.3 is 0 Å². The molecule has 1 aliphatic rings. The summed E-state index contributed by atoms with van der Waals surface area (Å²) < 4.78 is 13.6. The summed E-state index contributed by atoms with van der Waals surface area (Å²) in [6.45, 7) is 6.17. The van der Waals surface area contributed by atoms with Gasteiger partial charge < -0.3 is 0 Å². The van der Waals surface area contributed by atoms with E-state index in [0.717, 1.165) is 19.3 Å². The summed E-state index contributed by atoms with van der Waals surface area (Å²) in [6, 6.07) is 0. The molecular weight excluding hydrogens is 139 g/mol. The molecule has 1 fully saturated rings. The molecule has 0 heterocycles. The maximum absolute atomic E-state index is 13.6. The third kappa shape index (κ3) is 2.46. The molecule has 66 valence electrons. The fourth-order valence-electron chi connectivity index (χ4n) is 2.05. The summed E-state index contributed by atoms with van der Waals surface area (Å²) in [7, 11) is 0. The average molecular weight is 158 g/mol. The highest BCUT2D eigenvalue weighted by Crippen LogP contribution is 2.36. The van der Waals surface area contributed by atoms with Crippen LogP contribution in [0.4, 0.5) is 4.39 Å². The second kappa shape index (κ2) is 3.12. The minimum absolute atomic E-state index is 0.562. The van der Waals surface area contributed by atoms with Crippen molar-refractivity contribution in [3.05, 3.63) is 0 Å². The van der Waals surface area contributed by atoms with E-state index < -0.39 is 5.67 Å². The lowest BCUT2D eigenvalue weighted by atomic mass is 9.88. The predicted octanol–water partition coefficient (Wildman–Crippen LogP) is 3.56. The quantitative estimate of drug-likeness (QED) is 0.473. The minimum atomic E-state index is -0.885. The van der Waals surface area contributed by atoms with E-state index in [-0.39, 0.29) is 0 Å². The van der Waals surface area contributed by atoms with Gasteiger partial charge in [0.15, 0.2) is 0 Å². The number of hydrogen-bond acceptors (Lipinski definition) is 0. The minimum Gasteiger partial charge on any atom is -0.244 e. The van der Waals surface area contributed by atoms with Crippen LogP contribution >= 0.6 is 0 Å². The first-order valence-electron chi connectivity index (χ1n) is 4.70. The molecule has 11 heavy (non-hydrogen) atoms. The molecule has 0 amide bonds. The molecule has 0 aromatic carbocycles. The lowest BCUT2D eigenvalue weighted by molar-refractivity contribution is 0.141. The molecule has 3 atom stereocenters. The van der Waals surface area contributed by atoms with E-state index >= 15 is 0 Å². The van der Waals surface area contributed by atoms with E-state index in [1.54, 1.807) is 6.92 Å². The second-order valence-corrected chi connectivity index (χ2v) is 4.46. The van der Waals surface area contributed by atoms with Gasteiger partial charge in [-0.25, -0.2) is 4.39 Å². The van der Waals surface area contributed by atoms with Crippen LogP contribution < -0.4 is 0 Å². The molecule has 1 rings (SSSR count). The van der Waals surface area contributed by atoms with Crippen molar-refractivity contribution in [3.8, 4) is 0 Å². The van der Waals surface area contributed by atoms with Gasteiger partial charge in [0.1, 0.15) is 5.67 Å². The zero-order valence-electron chi connectivity index (χ0n) is 7.86. The first-order valence-corrected chi connectivity index (χ1v) is 4.70. The van der Waals surface area contributed by atoms with Crippen LogP contribution in [0.1, 0.15) is 46.5 Å². The zero-order valence-corrected chi connectivity index (χ0v) is 7.86. The van der Waals surface area contributed by atoms with Crippen LogP contribution in [0.15, 0.2) is 0 Å². The molecular formula is C10H19F. The Hall–Kier alpha value is -0.0700. The van der Waals surface area contributed by atoms with Crippen molar-refractivity contribution in [2.24, 2.45) is 11.8 Å². The van der Waals surface area contributed by atoms with Crippen molar-refractivity contribution in [1.82, 2.24) is 0 Å². The zero-order chi connectivity index (χ0) is 8.48. The first-order chi connectivity index (χ1) is 5.01. The summed E-state index contributed by atoms with van der Waals surface area (Å²) >= 11 is 0. The summed E-state index contributed by atoms with van der Waals surface area (Å²) in [6.07, 6.45) is 3.80. The van der Waals surface area contributed by atoms with Gasteiger partial charge in [-0.2, -0.15) is 0 Å². The van der Waals surface area contributed by atoms with Gasteiger partial charge in [-0.15, -0.1) is 0 Å². The molecule has 0 aromatic rings. The van der Waals surface area contributed by atoms with Gasteiger partial charge in [0.2, 0.25) is 0 Å². The Morgan fingerprint density at radius 3 is 2.55 bits per heavy atom. The normalized spacial score (nSPS) is 46.9. The van der Waals surface area contributed by atoms with Crippen molar-refractivity contribution < 1.29 is 4.39 Å². The maximum atomic E-state index is 13.6. The Bertz CT molecular complexity index is 129. The van der Waals surface area contributed by atoms with Crippen molar-refractivity contribution >= 4 is 0 Å². The Morgan fingerprint density at radius 2 is 1.91 bits per heavy atom. The number of halogens is 1. The third-order valence-corrected chi connectivity index (χ3v) is 3.08. The monoisotopic (exact) mass is 158 g/mol. The van der Waals surface area contributed by atoms with Crippen LogP contribution in [-0.4, -0.2) is 5.67 Å². The van der Waals surface area contributed by atoms with Gasteiger partial charge in [-0.1, -0.05) is 26.7 Å². The molecule has 0 saturated heterocycles. The highest BCUT2D eigenvalue weighted by atomic mass is 19.1. The highest BCUT2D eigenvalue weighted by Gasteiger charge is 2.30. The molecule has 1 aliphatic carbocycles. The third-order valence-electron chi connectivity index (χ3n) is 3.08. The second-order valence-electron chi connectivity index (χ2n) is 4.46. The van der Waals surface area contributed by atoms with E-state index in [1.165, 1.54) is 6.42 Å². The molecule has 2 unspecified atom stereocenters. The van der Waals surface area contributed by atoms with Crippen LogP contribution in [0.3, 0.4) is 0 Å². The fourth-order valence-corrected chi connectivity index (χ4v) is 2.05.